The van der Waals surface area contributed by atoms with Gasteiger partial charge in [0.15, 0.2) is 12.4 Å². The first kappa shape index (κ1) is 14.1. The maximum Gasteiger partial charge on any atom is 0.169 e. The normalized spacial score (nSPS) is 11.8. The van der Waals surface area contributed by atoms with E-state index in [9.17, 15) is 0 Å². The van der Waals surface area contributed by atoms with E-state index in [0.717, 1.165) is 16.9 Å². The topological polar surface area (TPSA) is 13.1 Å². The molecular formula is C18H20NO+. The van der Waals surface area contributed by atoms with Crippen LogP contribution in [0.25, 0.3) is 12.2 Å². The summed E-state index contributed by atoms with van der Waals surface area (Å²) in [5, 5.41) is 0. The van der Waals surface area contributed by atoms with Gasteiger partial charge in [-0.3, -0.25) is 0 Å². The van der Waals surface area contributed by atoms with Crippen LogP contribution in [0.3, 0.4) is 0 Å². The summed E-state index contributed by atoms with van der Waals surface area (Å²) in [7, 11) is 2.01. The van der Waals surface area contributed by atoms with Crippen LogP contribution in [0.4, 0.5) is 0 Å². The number of allylic oxidation sites excluding steroid dienone is 1. The zero-order chi connectivity index (χ0) is 14.2. The van der Waals surface area contributed by atoms with Crippen LogP contribution in [0.1, 0.15) is 18.1 Å². The average Bonchev–Trinajstić information content (AvgIpc) is 2.48. The van der Waals surface area contributed by atoms with Crippen LogP contribution >= 0.6 is 0 Å². The Kier molecular flexibility index (Phi) is 5.13. The lowest BCUT2D eigenvalue weighted by Gasteiger charge is -2.04. The standard InChI is InChI=1S/C18H20NO/c1-3-20-18(10-9-16-7-5-4-6-8-16)15-17-11-13-19(2)14-12-17/h4-15H,3H2,1-2H3/q+1/b10-9-,18-15-. The fraction of sp³-hybridized carbons (Fsp3) is 0.167. The van der Waals surface area contributed by atoms with Gasteiger partial charge in [0.05, 0.1) is 6.61 Å². The fourth-order valence-corrected chi connectivity index (χ4v) is 1.82. The van der Waals surface area contributed by atoms with Gasteiger partial charge in [0.25, 0.3) is 0 Å². The van der Waals surface area contributed by atoms with Crippen LogP contribution in [-0.4, -0.2) is 6.61 Å². The summed E-state index contributed by atoms with van der Waals surface area (Å²) >= 11 is 0. The number of pyridine rings is 1. The number of nitrogens with zero attached hydrogens (tertiary/aromatic N) is 1. The lowest BCUT2D eigenvalue weighted by atomic mass is 10.2. The minimum atomic E-state index is 0.658. The second kappa shape index (κ2) is 7.29. The highest BCUT2D eigenvalue weighted by Crippen LogP contribution is 2.11. The van der Waals surface area contributed by atoms with Crippen LogP contribution in [0.5, 0.6) is 0 Å². The number of ether oxygens (including phenoxy) is 1. The van der Waals surface area contributed by atoms with Gasteiger partial charge in [-0.25, -0.2) is 4.57 Å². The van der Waals surface area contributed by atoms with Gasteiger partial charge in [-0.2, -0.15) is 0 Å². The number of aromatic nitrogens is 1. The molecule has 0 fully saturated rings. The summed E-state index contributed by atoms with van der Waals surface area (Å²) < 4.78 is 7.68. The summed E-state index contributed by atoms with van der Waals surface area (Å²) in [6.07, 6.45) is 10.2. The first-order valence-corrected chi connectivity index (χ1v) is 6.81. The molecule has 2 nitrogen and oxygen atoms in total. The molecule has 1 aromatic carbocycles. The van der Waals surface area contributed by atoms with E-state index in [2.05, 4.69) is 30.3 Å². The molecule has 0 unspecified atom stereocenters. The van der Waals surface area contributed by atoms with E-state index in [1.165, 1.54) is 0 Å². The number of rotatable bonds is 5. The van der Waals surface area contributed by atoms with E-state index < -0.39 is 0 Å². The summed E-state index contributed by atoms with van der Waals surface area (Å²) in [4.78, 5) is 0. The molecule has 2 aromatic rings. The summed E-state index contributed by atoms with van der Waals surface area (Å²) in [5.41, 5.74) is 2.29. The largest absolute Gasteiger partial charge is 0.494 e. The number of hydrogen-bond acceptors (Lipinski definition) is 1. The van der Waals surface area contributed by atoms with Crippen molar-refractivity contribution in [3.8, 4) is 0 Å². The molecule has 102 valence electrons. The highest BCUT2D eigenvalue weighted by molar-refractivity contribution is 5.59. The van der Waals surface area contributed by atoms with E-state index in [1.54, 1.807) is 0 Å². The van der Waals surface area contributed by atoms with Crippen LogP contribution in [0, 0.1) is 0 Å². The molecular weight excluding hydrogens is 246 g/mol. The van der Waals surface area contributed by atoms with E-state index in [1.807, 2.05) is 61.3 Å². The molecule has 2 rings (SSSR count). The highest BCUT2D eigenvalue weighted by Gasteiger charge is 1.97. The van der Waals surface area contributed by atoms with Crippen LogP contribution in [0.15, 0.2) is 66.7 Å². The third kappa shape index (κ3) is 4.39. The lowest BCUT2D eigenvalue weighted by Crippen LogP contribution is -2.25. The van der Waals surface area contributed by atoms with Crippen molar-refractivity contribution in [2.45, 2.75) is 6.92 Å². The van der Waals surface area contributed by atoms with Gasteiger partial charge >= 0.3 is 0 Å². The van der Waals surface area contributed by atoms with Crippen molar-refractivity contribution in [2.75, 3.05) is 6.61 Å². The van der Waals surface area contributed by atoms with Crippen molar-refractivity contribution in [2.24, 2.45) is 7.05 Å². The first-order chi connectivity index (χ1) is 9.78. The van der Waals surface area contributed by atoms with Crippen LogP contribution in [0.2, 0.25) is 0 Å². The third-order valence-corrected chi connectivity index (χ3v) is 2.86. The molecule has 0 spiro atoms. The first-order valence-electron chi connectivity index (χ1n) is 6.81. The molecule has 0 N–H and O–H groups in total. The molecule has 1 heterocycles. The van der Waals surface area contributed by atoms with Crippen LogP contribution < -0.4 is 4.57 Å². The lowest BCUT2D eigenvalue weighted by molar-refractivity contribution is -0.671. The van der Waals surface area contributed by atoms with Crippen molar-refractivity contribution < 1.29 is 9.30 Å². The van der Waals surface area contributed by atoms with Gasteiger partial charge in [0.2, 0.25) is 0 Å². The molecule has 1 aromatic heterocycles. The van der Waals surface area contributed by atoms with E-state index in [0.29, 0.717) is 6.61 Å². The molecule has 2 heteroatoms. The molecule has 0 aliphatic carbocycles. The third-order valence-electron chi connectivity index (χ3n) is 2.86. The van der Waals surface area contributed by atoms with Crippen molar-refractivity contribution in [1.82, 2.24) is 0 Å². The Morgan fingerprint density at radius 3 is 2.40 bits per heavy atom. The maximum atomic E-state index is 5.67. The number of benzene rings is 1. The molecule has 0 aliphatic rings. The Bertz CT molecular complexity index is 583. The number of hydrogen-bond donors (Lipinski definition) is 0. The molecule has 20 heavy (non-hydrogen) atoms. The van der Waals surface area contributed by atoms with Gasteiger partial charge in [-0.1, -0.05) is 36.4 Å². The van der Waals surface area contributed by atoms with Crippen LogP contribution in [-0.2, 0) is 11.8 Å². The molecule has 0 aliphatic heterocycles. The summed E-state index contributed by atoms with van der Waals surface area (Å²) in [5.74, 6) is 0.866. The smallest absolute Gasteiger partial charge is 0.169 e. The van der Waals surface area contributed by atoms with E-state index in [-0.39, 0.29) is 0 Å². The molecule has 0 saturated heterocycles. The quantitative estimate of drug-likeness (QED) is 0.458. The van der Waals surface area contributed by atoms with Gasteiger partial charge < -0.3 is 4.74 Å². The van der Waals surface area contributed by atoms with E-state index >= 15 is 0 Å². The van der Waals surface area contributed by atoms with Crippen molar-refractivity contribution in [1.29, 1.82) is 0 Å². The zero-order valence-corrected chi connectivity index (χ0v) is 12.0. The fourth-order valence-electron chi connectivity index (χ4n) is 1.82. The second-order valence-electron chi connectivity index (χ2n) is 4.52. The SMILES string of the molecule is CCOC(/C=C\c1ccccc1)=C\c1cc[n+](C)cc1. The van der Waals surface area contributed by atoms with E-state index in [4.69, 9.17) is 4.74 Å². The summed E-state index contributed by atoms with van der Waals surface area (Å²) in [6.45, 7) is 2.65. The monoisotopic (exact) mass is 266 g/mol. The van der Waals surface area contributed by atoms with Gasteiger partial charge in [-0.15, -0.1) is 0 Å². The minimum absolute atomic E-state index is 0.658. The van der Waals surface area contributed by atoms with Crippen molar-refractivity contribution >= 4 is 12.2 Å². The Balaban J connectivity index is 2.18. The van der Waals surface area contributed by atoms with Crippen molar-refractivity contribution in [3.05, 3.63) is 77.8 Å². The Morgan fingerprint density at radius 2 is 1.75 bits per heavy atom. The van der Waals surface area contributed by atoms with Gasteiger partial charge in [-0.05, 0) is 30.2 Å². The maximum absolute atomic E-state index is 5.67. The predicted molar refractivity (Wildman–Crippen MR) is 82.7 cm³/mol. The Morgan fingerprint density at radius 1 is 1.05 bits per heavy atom. The minimum Gasteiger partial charge on any atom is -0.494 e. The average molecular weight is 266 g/mol. The zero-order valence-electron chi connectivity index (χ0n) is 12.0. The van der Waals surface area contributed by atoms with Gasteiger partial charge in [0, 0.05) is 12.1 Å². The molecule has 0 saturated carbocycles. The molecule has 0 amide bonds. The molecule has 0 atom stereocenters. The summed E-state index contributed by atoms with van der Waals surface area (Å²) in [6, 6.07) is 14.3. The number of aryl methyl sites for hydroxylation is 1. The van der Waals surface area contributed by atoms with Crippen molar-refractivity contribution in [3.63, 3.8) is 0 Å². The van der Waals surface area contributed by atoms with Gasteiger partial charge in [0.1, 0.15) is 12.8 Å². The highest BCUT2D eigenvalue weighted by atomic mass is 16.5. The molecule has 0 radical (unpaired) electrons. The predicted octanol–water partition coefficient (Wildman–Crippen LogP) is 3.60. The molecule has 0 bridgehead atoms. The second-order valence-corrected chi connectivity index (χ2v) is 4.52. The Hall–Kier alpha value is -2.35. The Labute approximate surface area is 120 Å².